The number of aliphatic carboxylic acids is 1. The Morgan fingerprint density at radius 3 is 2.07 bits per heavy atom. The van der Waals surface area contributed by atoms with Gasteiger partial charge in [0.05, 0.1) is 0 Å². The molecule has 0 heterocycles. The van der Waals surface area contributed by atoms with Crippen LogP contribution >= 0.6 is 34.8 Å². The monoisotopic (exact) mass is 262 g/mol. The van der Waals surface area contributed by atoms with Gasteiger partial charge in [0.2, 0.25) is 3.79 Å². The number of carbonyl (C=O) groups is 1. The number of carboxylic acids is 1. The molecule has 0 aromatic rings. The van der Waals surface area contributed by atoms with Crippen LogP contribution in [0.3, 0.4) is 0 Å². The molecule has 1 atom stereocenters. The first-order chi connectivity index (χ1) is 6.25. The maximum Gasteiger partial charge on any atom is 0.328 e. The third-order valence-corrected chi connectivity index (χ3v) is 2.92. The van der Waals surface area contributed by atoms with Crippen LogP contribution in [0.15, 0.2) is 0 Å². The van der Waals surface area contributed by atoms with Gasteiger partial charge in [0, 0.05) is 0 Å². The van der Waals surface area contributed by atoms with E-state index < -0.39 is 15.3 Å². The van der Waals surface area contributed by atoms with Crippen molar-refractivity contribution in [2.75, 3.05) is 6.54 Å². The van der Waals surface area contributed by atoms with E-state index in [0.29, 0.717) is 19.4 Å². The van der Waals surface area contributed by atoms with Crippen LogP contribution in [0.2, 0.25) is 0 Å². The van der Waals surface area contributed by atoms with E-state index in [2.05, 4.69) is 0 Å². The lowest BCUT2D eigenvalue weighted by Crippen LogP contribution is -2.58. The summed E-state index contributed by atoms with van der Waals surface area (Å²) < 4.78 is -2.02. The summed E-state index contributed by atoms with van der Waals surface area (Å²) in [5, 5.41) is 8.86. The van der Waals surface area contributed by atoms with Gasteiger partial charge in [-0.1, -0.05) is 34.8 Å². The molecule has 0 saturated carbocycles. The molecule has 84 valence electrons. The minimum Gasteiger partial charge on any atom is -0.480 e. The molecule has 0 fully saturated rings. The average Bonchev–Trinajstić information content (AvgIpc) is 2.02. The molecule has 0 spiro atoms. The van der Waals surface area contributed by atoms with E-state index in [0.717, 1.165) is 0 Å². The molecule has 0 saturated heterocycles. The second kappa shape index (κ2) is 5.37. The first-order valence-electron chi connectivity index (χ1n) is 4.05. The zero-order chi connectivity index (χ0) is 11.4. The predicted molar refractivity (Wildman–Crippen MR) is 57.7 cm³/mol. The number of carboxylic acid groups (broad SMARTS) is 1. The van der Waals surface area contributed by atoms with Crippen LogP contribution in [-0.4, -0.2) is 27.0 Å². The molecule has 14 heavy (non-hydrogen) atoms. The van der Waals surface area contributed by atoms with Crippen molar-refractivity contribution in [1.82, 2.24) is 0 Å². The van der Waals surface area contributed by atoms with Crippen molar-refractivity contribution in [1.29, 1.82) is 0 Å². The van der Waals surface area contributed by atoms with Gasteiger partial charge in [-0.05, 0) is 25.8 Å². The molecule has 0 amide bonds. The SMILES string of the molecule is NCCCC[C@](N)(C(=O)O)C(Cl)(Cl)Cl. The van der Waals surface area contributed by atoms with Crippen molar-refractivity contribution in [2.45, 2.75) is 28.6 Å². The Morgan fingerprint density at radius 2 is 1.79 bits per heavy atom. The Balaban J connectivity index is 4.50. The van der Waals surface area contributed by atoms with Crippen LogP contribution in [-0.2, 0) is 4.79 Å². The van der Waals surface area contributed by atoms with Crippen LogP contribution in [0.5, 0.6) is 0 Å². The minimum absolute atomic E-state index is 0.0794. The van der Waals surface area contributed by atoms with Crippen LogP contribution in [0.25, 0.3) is 0 Å². The van der Waals surface area contributed by atoms with Gasteiger partial charge in [-0.2, -0.15) is 0 Å². The molecule has 0 aliphatic heterocycles. The number of hydrogen-bond acceptors (Lipinski definition) is 3. The largest absolute Gasteiger partial charge is 0.480 e. The second-order valence-corrected chi connectivity index (χ2v) is 5.30. The fourth-order valence-electron chi connectivity index (χ4n) is 0.918. The van der Waals surface area contributed by atoms with Crippen LogP contribution in [0, 0.1) is 0 Å². The molecule has 4 nitrogen and oxygen atoms in total. The topological polar surface area (TPSA) is 89.3 Å². The highest BCUT2D eigenvalue weighted by Gasteiger charge is 2.51. The predicted octanol–water partition coefficient (Wildman–Crippen LogP) is 1.27. The molecular weight excluding hydrogens is 250 g/mol. The van der Waals surface area contributed by atoms with E-state index >= 15 is 0 Å². The summed E-state index contributed by atoms with van der Waals surface area (Å²) in [6.45, 7) is 0.454. The molecular formula is C7H13Cl3N2O2. The average molecular weight is 264 g/mol. The molecule has 0 aromatic heterocycles. The van der Waals surface area contributed by atoms with Gasteiger partial charge in [0.1, 0.15) is 0 Å². The van der Waals surface area contributed by atoms with Gasteiger partial charge in [0.15, 0.2) is 5.54 Å². The Bertz CT molecular complexity index is 208. The number of nitrogens with two attached hydrogens (primary N) is 2. The molecule has 0 aliphatic carbocycles. The maximum atomic E-state index is 10.9. The summed E-state index contributed by atoms with van der Waals surface area (Å²) in [6, 6.07) is 0. The maximum absolute atomic E-state index is 10.9. The Kier molecular flexibility index (Phi) is 5.47. The van der Waals surface area contributed by atoms with E-state index in [-0.39, 0.29) is 6.42 Å². The fourth-order valence-corrected chi connectivity index (χ4v) is 1.44. The van der Waals surface area contributed by atoms with Crippen molar-refractivity contribution in [3.63, 3.8) is 0 Å². The Morgan fingerprint density at radius 1 is 1.29 bits per heavy atom. The number of rotatable bonds is 5. The van der Waals surface area contributed by atoms with E-state index in [1.54, 1.807) is 0 Å². The van der Waals surface area contributed by atoms with Crippen LogP contribution in [0.4, 0.5) is 0 Å². The van der Waals surface area contributed by atoms with Gasteiger partial charge in [-0.25, -0.2) is 0 Å². The van der Waals surface area contributed by atoms with Crippen molar-refractivity contribution in [2.24, 2.45) is 11.5 Å². The smallest absolute Gasteiger partial charge is 0.328 e. The third kappa shape index (κ3) is 3.44. The van der Waals surface area contributed by atoms with Gasteiger partial charge in [-0.3, -0.25) is 4.79 Å². The summed E-state index contributed by atoms with van der Waals surface area (Å²) >= 11 is 16.5. The molecule has 0 aromatic carbocycles. The summed E-state index contributed by atoms with van der Waals surface area (Å²) in [6.07, 6.45) is 1.23. The highest BCUT2D eigenvalue weighted by atomic mass is 35.6. The first kappa shape index (κ1) is 14.3. The summed E-state index contributed by atoms with van der Waals surface area (Å²) in [7, 11) is 0. The van der Waals surface area contributed by atoms with Gasteiger partial charge in [0.25, 0.3) is 0 Å². The van der Waals surface area contributed by atoms with Gasteiger partial charge in [-0.15, -0.1) is 0 Å². The van der Waals surface area contributed by atoms with Crippen molar-refractivity contribution in [3.8, 4) is 0 Å². The lowest BCUT2D eigenvalue weighted by molar-refractivity contribution is -0.143. The number of hydrogen-bond donors (Lipinski definition) is 3. The molecule has 0 aliphatic rings. The summed E-state index contributed by atoms with van der Waals surface area (Å²) in [4.78, 5) is 10.9. The first-order valence-corrected chi connectivity index (χ1v) is 5.18. The summed E-state index contributed by atoms with van der Waals surface area (Å²) in [5.41, 5.74) is 8.92. The number of unbranched alkanes of at least 4 members (excludes halogenated alkanes) is 1. The van der Waals surface area contributed by atoms with Crippen LogP contribution in [0.1, 0.15) is 19.3 Å². The fraction of sp³-hybridized carbons (Fsp3) is 0.857. The minimum atomic E-state index is -2.02. The quantitative estimate of drug-likeness (QED) is 0.515. The van der Waals surface area contributed by atoms with Crippen molar-refractivity contribution < 1.29 is 9.90 Å². The second-order valence-electron chi connectivity index (χ2n) is 3.02. The number of alkyl halides is 3. The Hall–Kier alpha value is 0.260. The van der Waals surface area contributed by atoms with E-state index in [4.69, 9.17) is 51.4 Å². The van der Waals surface area contributed by atoms with Crippen molar-refractivity contribution in [3.05, 3.63) is 0 Å². The van der Waals surface area contributed by atoms with E-state index in [1.807, 2.05) is 0 Å². The molecule has 7 heteroatoms. The molecule has 0 radical (unpaired) electrons. The standard InChI is InChI=1S/C7H13Cl3N2O2/c8-7(9,10)6(12,5(13)14)3-1-2-4-11/h1-4,11-12H2,(H,13,14)/t6-/m0/s1. The zero-order valence-corrected chi connectivity index (χ0v) is 9.74. The van der Waals surface area contributed by atoms with E-state index in [1.165, 1.54) is 0 Å². The van der Waals surface area contributed by atoms with Crippen molar-refractivity contribution >= 4 is 40.8 Å². The Labute approximate surface area is 97.5 Å². The lowest BCUT2D eigenvalue weighted by Gasteiger charge is -2.31. The highest BCUT2D eigenvalue weighted by molar-refractivity contribution is 6.69. The highest BCUT2D eigenvalue weighted by Crippen LogP contribution is 2.39. The zero-order valence-electron chi connectivity index (χ0n) is 7.47. The third-order valence-electron chi connectivity index (χ3n) is 1.91. The summed E-state index contributed by atoms with van der Waals surface area (Å²) in [5.74, 6) is -1.32. The molecule has 0 unspecified atom stereocenters. The molecule has 0 rings (SSSR count). The number of halogens is 3. The lowest BCUT2D eigenvalue weighted by atomic mass is 9.95. The van der Waals surface area contributed by atoms with Gasteiger partial charge >= 0.3 is 5.97 Å². The molecule has 5 N–H and O–H groups in total. The van der Waals surface area contributed by atoms with E-state index in [9.17, 15) is 4.79 Å². The molecule has 0 bridgehead atoms. The normalized spacial score (nSPS) is 16.4. The van der Waals surface area contributed by atoms with Gasteiger partial charge < -0.3 is 16.6 Å². The van der Waals surface area contributed by atoms with Crippen LogP contribution < -0.4 is 11.5 Å².